The zero-order valence-corrected chi connectivity index (χ0v) is 9.59. The highest BCUT2D eigenvalue weighted by molar-refractivity contribution is 5.15. The molecular formula is C12H18N2O2. The maximum absolute atomic E-state index is 10.6. The van der Waals surface area contributed by atoms with Crippen LogP contribution in [0.2, 0.25) is 0 Å². The van der Waals surface area contributed by atoms with Crippen LogP contribution in [-0.2, 0) is 10.3 Å². The lowest BCUT2D eigenvalue weighted by atomic mass is 9.84. The molecule has 2 rings (SSSR count). The van der Waals surface area contributed by atoms with Crippen molar-refractivity contribution in [2.24, 2.45) is 0 Å². The van der Waals surface area contributed by atoms with Gasteiger partial charge in [-0.05, 0) is 6.42 Å². The summed E-state index contributed by atoms with van der Waals surface area (Å²) in [6.07, 6.45) is 8.37. The van der Waals surface area contributed by atoms with Gasteiger partial charge < -0.3 is 9.84 Å². The quantitative estimate of drug-likeness (QED) is 0.844. The third-order valence-electron chi connectivity index (χ3n) is 3.14. The van der Waals surface area contributed by atoms with E-state index in [0.717, 1.165) is 18.4 Å². The second kappa shape index (κ2) is 4.89. The van der Waals surface area contributed by atoms with E-state index in [1.165, 1.54) is 6.33 Å². The Bertz CT molecular complexity index is 329. The zero-order chi connectivity index (χ0) is 11.4. The Hall–Kier alpha value is -1.00. The smallest absolute Gasteiger partial charge is 0.115 e. The molecule has 0 aliphatic carbocycles. The molecule has 0 saturated carbocycles. The summed E-state index contributed by atoms with van der Waals surface area (Å²) >= 11 is 0. The highest BCUT2D eigenvalue weighted by atomic mass is 16.5. The lowest BCUT2D eigenvalue weighted by Crippen LogP contribution is -2.38. The molecule has 88 valence electrons. The summed E-state index contributed by atoms with van der Waals surface area (Å²) in [5.41, 5.74) is -0.00120. The molecule has 2 heterocycles. The molecule has 16 heavy (non-hydrogen) atoms. The molecule has 1 N–H and O–H groups in total. The number of nitrogens with zero attached hydrogens (tertiary/aromatic N) is 2. The van der Waals surface area contributed by atoms with Crippen LogP contribution < -0.4 is 0 Å². The third-order valence-corrected chi connectivity index (χ3v) is 3.14. The van der Waals surface area contributed by atoms with Crippen molar-refractivity contribution in [3.05, 3.63) is 24.3 Å². The first-order valence-electron chi connectivity index (χ1n) is 5.84. The molecule has 0 aromatic carbocycles. The van der Waals surface area contributed by atoms with Gasteiger partial charge in [0.2, 0.25) is 0 Å². The molecule has 1 fully saturated rings. The van der Waals surface area contributed by atoms with E-state index in [2.05, 4.69) is 16.9 Å². The van der Waals surface area contributed by atoms with Crippen LogP contribution in [0.5, 0.6) is 0 Å². The second-order valence-corrected chi connectivity index (χ2v) is 4.39. The first-order chi connectivity index (χ1) is 7.74. The Balaban J connectivity index is 2.12. The summed E-state index contributed by atoms with van der Waals surface area (Å²) in [7, 11) is 0. The summed E-state index contributed by atoms with van der Waals surface area (Å²) in [5, 5.41) is 10.6. The highest BCUT2D eigenvalue weighted by Gasteiger charge is 2.36. The minimum Gasteiger partial charge on any atom is -0.385 e. The Kier molecular flexibility index (Phi) is 3.51. The van der Waals surface area contributed by atoms with Gasteiger partial charge in [-0.3, -0.25) is 0 Å². The third kappa shape index (κ3) is 2.39. The molecule has 1 aromatic rings. The number of rotatable bonds is 3. The van der Waals surface area contributed by atoms with E-state index in [1.54, 1.807) is 12.4 Å². The molecule has 1 saturated heterocycles. The van der Waals surface area contributed by atoms with Crippen molar-refractivity contribution in [3.8, 4) is 0 Å². The van der Waals surface area contributed by atoms with E-state index in [9.17, 15) is 5.11 Å². The SMILES string of the molecule is CCCC1CC(O)(c2cncnc2)CCO1. The van der Waals surface area contributed by atoms with Gasteiger partial charge in [-0.15, -0.1) is 0 Å². The van der Waals surface area contributed by atoms with Crippen molar-refractivity contribution in [1.29, 1.82) is 0 Å². The first-order valence-corrected chi connectivity index (χ1v) is 5.84. The molecule has 4 nitrogen and oxygen atoms in total. The van der Waals surface area contributed by atoms with Gasteiger partial charge in [0.25, 0.3) is 0 Å². The zero-order valence-electron chi connectivity index (χ0n) is 9.59. The number of hydrogen-bond acceptors (Lipinski definition) is 4. The van der Waals surface area contributed by atoms with Crippen LogP contribution in [-0.4, -0.2) is 27.8 Å². The average molecular weight is 222 g/mol. The molecule has 4 heteroatoms. The molecular weight excluding hydrogens is 204 g/mol. The fourth-order valence-electron chi connectivity index (χ4n) is 2.24. The molecule has 0 radical (unpaired) electrons. The van der Waals surface area contributed by atoms with Crippen LogP contribution in [0.1, 0.15) is 38.2 Å². The van der Waals surface area contributed by atoms with Crippen LogP contribution in [0.3, 0.4) is 0 Å². The van der Waals surface area contributed by atoms with Crippen LogP contribution >= 0.6 is 0 Å². The van der Waals surface area contributed by atoms with Crippen molar-refractivity contribution >= 4 is 0 Å². The van der Waals surface area contributed by atoms with E-state index >= 15 is 0 Å². The Labute approximate surface area is 95.7 Å². The summed E-state index contributed by atoms with van der Waals surface area (Å²) in [5.74, 6) is 0. The van der Waals surface area contributed by atoms with Crippen molar-refractivity contribution < 1.29 is 9.84 Å². The van der Waals surface area contributed by atoms with Crippen LogP contribution in [0.25, 0.3) is 0 Å². The Morgan fingerprint density at radius 2 is 2.25 bits per heavy atom. The minimum atomic E-state index is -0.806. The topological polar surface area (TPSA) is 55.2 Å². The first kappa shape index (κ1) is 11.5. The highest BCUT2D eigenvalue weighted by Crippen LogP contribution is 2.35. The van der Waals surface area contributed by atoms with Gasteiger partial charge in [0.15, 0.2) is 0 Å². The molecule has 0 amide bonds. The summed E-state index contributed by atoms with van der Waals surface area (Å²) in [6, 6.07) is 0. The maximum atomic E-state index is 10.6. The number of aliphatic hydroxyl groups is 1. The fourth-order valence-corrected chi connectivity index (χ4v) is 2.24. The van der Waals surface area contributed by atoms with Gasteiger partial charge in [-0.1, -0.05) is 13.3 Å². The molecule has 0 spiro atoms. The van der Waals surface area contributed by atoms with Crippen molar-refractivity contribution in [2.75, 3.05) is 6.61 Å². The normalized spacial score (nSPS) is 30.2. The van der Waals surface area contributed by atoms with E-state index in [-0.39, 0.29) is 6.10 Å². The van der Waals surface area contributed by atoms with Gasteiger partial charge in [-0.2, -0.15) is 0 Å². The van der Waals surface area contributed by atoms with E-state index in [1.807, 2.05) is 0 Å². The Morgan fingerprint density at radius 1 is 1.50 bits per heavy atom. The summed E-state index contributed by atoms with van der Waals surface area (Å²) in [4.78, 5) is 7.93. The minimum absolute atomic E-state index is 0.156. The molecule has 1 aromatic heterocycles. The van der Waals surface area contributed by atoms with Crippen LogP contribution in [0.4, 0.5) is 0 Å². The van der Waals surface area contributed by atoms with Gasteiger partial charge in [0.1, 0.15) is 6.33 Å². The molecule has 2 atom stereocenters. The summed E-state index contributed by atoms with van der Waals surface area (Å²) in [6.45, 7) is 2.73. The predicted octanol–water partition coefficient (Wildman–Crippen LogP) is 1.64. The molecule has 0 bridgehead atoms. The summed E-state index contributed by atoms with van der Waals surface area (Å²) < 4.78 is 5.63. The number of hydrogen-bond donors (Lipinski definition) is 1. The van der Waals surface area contributed by atoms with Crippen LogP contribution in [0, 0.1) is 0 Å². The fraction of sp³-hybridized carbons (Fsp3) is 0.667. The van der Waals surface area contributed by atoms with Crippen LogP contribution in [0.15, 0.2) is 18.7 Å². The monoisotopic (exact) mass is 222 g/mol. The Morgan fingerprint density at radius 3 is 2.94 bits per heavy atom. The van der Waals surface area contributed by atoms with Gasteiger partial charge >= 0.3 is 0 Å². The number of aromatic nitrogens is 2. The van der Waals surface area contributed by atoms with Gasteiger partial charge in [0.05, 0.1) is 18.3 Å². The molecule has 2 unspecified atom stereocenters. The van der Waals surface area contributed by atoms with Gasteiger partial charge in [-0.25, -0.2) is 9.97 Å². The average Bonchev–Trinajstić information content (AvgIpc) is 2.31. The van der Waals surface area contributed by atoms with E-state index in [4.69, 9.17) is 4.74 Å². The largest absolute Gasteiger partial charge is 0.385 e. The number of ether oxygens (including phenoxy) is 1. The maximum Gasteiger partial charge on any atom is 0.115 e. The van der Waals surface area contributed by atoms with Crippen molar-refractivity contribution in [2.45, 2.75) is 44.3 Å². The van der Waals surface area contributed by atoms with Crippen molar-refractivity contribution in [1.82, 2.24) is 9.97 Å². The molecule has 1 aliphatic heterocycles. The molecule has 1 aliphatic rings. The van der Waals surface area contributed by atoms with Crippen molar-refractivity contribution in [3.63, 3.8) is 0 Å². The van der Waals surface area contributed by atoms with Gasteiger partial charge in [0, 0.05) is 30.8 Å². The lowest BCUT2D eigenvalue weighted by molar-refractivity contribution is -0.110. The van der Waals surface area contributed by atoms with E-state index < -0.39 is 5.60 Å². The standard InChI is InChI=1S/C12H18N2O2/c1-2-3-11-6-12(15,4-5-16-11)10-7-13-9-14-8-10/h7-9,11,15H,2-6H2,1H3. The second-order valence-electron chi connectivity index (χ2n) is 4.39. The lowest BCUT2D eigenvalue weighted by Gasteiger charge is -2.36. The van der Waals surface area contributed by atoms with E-state index in [0.29, 0.717) is 19.4 Å². The predicted molar refractivity (Wildman–Crippen MR) is 59.8 cm³/mol.